The molecule has 3 nitrogen and oxygen atoms in total. The average Bonchev–Trinajstić information content (AvgIpc) is 2.62. The van der Waals surface area contributed by atoms with Crippen LogP contribution in [0.2, 0.25) is 0 Å². The molecule has 25 heavy (non-hydrogen) atoms. The fraction of sp³-hybridized carbons (Fsp3) is 0.632. The maximum absolute atomic E-state index is 13.3. The van der Waals surface area contributed by atoms with Gasteiger partial charge >= 0.3 is 6.18 Å². The molecule has 1 N–H and O–H groups in total. The van der Waals surface area contributed by atoms with Crippen molar-refractivity contribution in [2.75, 3.05) is 18.0 Å². The van der Waals surface area contributed by atoms with Crippen molar-refractivity contribution in [1.29, 1.82) is 0 Å². The van der Waals surface area contributed by atoms with Crippen LogP contribution in [0.5, 0.6) is 0 Å². The number of nitrogens with one attached hydrogen (secondary N) is 1. The van der Waals surface area contributed by atoms with Crippen LogP contribution in [0.4, 0.5) is 18.9 Å². The van der Waals surface area contributed by atoms with Gasteiger partial charge in [-0.3, -0.25) is 4.79 Å². The third kappa shape index (κ3) is 4.47. The molecule has 1 aromatic carbocycles. The van der Waals surface area contributed by atoms with Crippen LogP contribution in [-0.2, 0) is 11.0 Å². The molecule has 1 saturated carbocycles. The highest BCUT2D eigenvalue weighted by Crippen LogP contribution is 2.37. The molecule has 0 spiro atoms. The van der Waals surface area contributed by atoms with E-state index >= 15 is 0 Å². The van der Waals surface area contributed by atoms with E-state index in [1.54, 1.807) is 11.0 Å². The van der Waals surface area contributed by atoms with E-state index in [0.717, 1.165) is 44.6 Å². The first-order valence-corrected chi connectivity index (χ1v) is 9.16. The number of anilines is 1. The summed E-state index contributed by atoms with van der Waals surface area (Å²) in [5.41, 5.74) is -0.437. The van der Waals surface area contributed by atoms with E-state index in [1.165, 1.54) is 18.6 Å². The summed E-state index contributed by atoms with van der Waals surface area (Å²) >= 11 is 0. The van der Waals surface area contributed by atoms with Crippen LogP contribution in [-0.4, -0.2) is 25.0 Å². The molecule has 1 aromatic rings. The van der Waals surface area contributed by atoms with Gasteiger partial charge in [0.25, 0.3) is 0 Å². The zero-order chi connectivity index (χ0) is 17.9. The maximum Gasteiger partial charge on any atom is 0.418 e. The summed E-state index contributed by atoms with van der Waals surface area (Å²) in [5.74, 6) is -0.238. The molecule has 1 aliphatic carbocycles. The molecule has 0 radical (unpaired) electrons. The van der Waals surface area contributed by atoms with Crippen LogP contribution in [0.15, 0.2) is 24.3 Å². The van der Waals surface area contributed by atoms with Crippen molar-refractivity contribution in [3.8, 4) is 0 Å². The Morgan fingerprint density at radius 2 is 1.76 bits per heavy atom. The SMILES string of the molecule is O=C(NC1CCCCC1)C1CCCN(c2ccccc2C(F)(F)F)C1. The second-order valence-electron chi connectivity index (χ2n) is 7.14. The first kappa shape index (κ1) is 18.1. The van der Waals surface area contributed by atoms with E-state index in [0.29, 0.717) is 13.1 Å². The largest absolute Gasteiger partial charge is 0.418 e. The molecule has 1 amide bonds. The number of hydrogen-bond acceptors (Lipinski definition) is 2. The quantitative estimate of drug-likeness (QED) is 0.874. The van der Waals surface area contributed by atoms with Crippen LogP contribution < -0.4 is 10.2 Å². The number of piperidine rings is 1. The van der Waals surface area contributed by atoms with Gasteiger partial charge in [-0.15, -0.1) is 0 Å². The summed E-state index contributed by atoms with van der Waals surface area (Å²) in [6.07, 6.45) is 2.61. The highest BCUT2D eigenvalue weighted by molar-refractivity contribution is 5.80. The molecule has 1 unspecified atom stereocenters. The molecule has 2 fully saturated rings. The van der Waals surface area contributed by atoms with Crippen LogP contribution in [0.25, 0.3) is 0 Å². The fourth-order valence-electron chi connectivity index (χ4n) is 3.97. The predicted molar refractivity (Wildman–Crippen MR) is 91.4 cm³/mol. The minimum absolute atomic E-state index is 0.00101. The van der Waals surface area contributed by atoms with Gasteiger partial charge in [0.05, 0.1) is 11.5 Å². The molecule has 6 heteroatoms. The zero-order valence-electron chi connectivity index (χ0n) is 14.3. The van der Waals surface area contributed by atoms with E-state index in [2.05, 4.69) is 5.32 Å². The van der Waals surface area contributed by atoms with Crippen molar-refractivity contribution in [1.82, 2.24) is 5.32 Å². The molecular weight excluding hydrogens is 329 g/mol. The fourth-order valence-corrected chi connectivity index (χ4v) is 3.97. The second kappa shape index (κ2) is 7.67. The Bertz CT molecular complexity index is 597. The number of hydrogen-bond donors (Lipinski definition) is 1. The minimum atomic E-state index is -4.38. The van der Waals surface area contributed by atoms with Gasteiger partial charge in [-0.05, 0) is 37.8 Å². The summed E-state index contributed by atoms with van der Waals surface area (Å²) in [6.45, 7) is 0.909. The normalized spacial score (nSPS) is 22.7. The highest BCUT2D eigenvalue weighted by atomic mass is 19.4. The van der Waals surface area contributed by atoms with Crippen LogP contribution in [0.3, 0.4) is 0 Å². The molecule has 138 valence electrons. The van der Waals surface area contributed by atoms with Crippen LogP contribution >= 0.6 is 0 Å². The topological polar surface area (TPSA) is 32.3 Å². The number of rotatable bonds is 3. The molecule has 1 heterocycles. The Hall–Kier alpha value is -1.72. The Labute approximate surface area is 146 Å². The molecule has 0 aromatic heterocycles. The molecule has 1 atom stereocenters. The van der Waals surface area contributed by atoms with Gasteiger partial charge in [-0.1, -0.05) is 31.4 Å². The summed E-state index contributed by atoms with van der Waals surface area (Å²) in [4.78, 5) is 14.3. The standard InChI is InChI=1S/C19H25F3N2O/c20-19(21,22)16-10-4-5-11-17(16)24-12-6-7-14(13-24)18(25)23-15-8-2-1-3-9-15/h4-5,10-11,14-15H,1-3,6-9,12-13H2,(H,23,25). The maximum atomic E-state index is 13.3. The summed E-state index contributed by atoms with van der Waals surface area (Å²) in [7, 11) is 0. The van der Waals surface area contributed by atoms with Gasteiger partial charge in [0.2, 0.25) is 5.91 Å². The van der Waals surface area contributed by atoms with Crippen molar-refractivity contribution in [2.45, 2.75) is 57.2 Å². The smallest absolute Gasteiger partial charge is 0.370 e. The van der Waals surface area contributed by atoms with Crippen molar-refractivity contribution in [2.24, 2.45) is 5.92 Å². The van der Waals surface area contributed by atoms with Gasteiger partial charge < -0.3 is 10.2 Å². The van der Waals surface area contributed by atoms with E-state index in [-0.39, 0.29) is 23.6 Å². The molecule has 3 rings (SSSR count). The second-order valence-corrected chi connectivity index (χ2v) is 7.14. The van der Waals surface area contributed by atoms with Gasteiger partial charge in [-0.2, -0.15) is 13.2 Å². The third-order valence-electron chi connectivity index (χ3n) is 5.29. The first-order valence-electron chi connectivity index (χ1n) is 9.16. The number of alkyl halides is 3. The average molecular weight is 354 g/mol. The van der Waals surface area contributed by atoms with E-state index in [1.807, 2.05) is 0 Å². The Balaban J connectivity index is 1.68. The number of halogens is 3. The van der Waals surface area contributed by atoms with E-state index in [4.69, 9.17) is 0 Å². The minimum Gasteiger partial charge on any atom is -0.370 e. The first-order chi connectivity index (χ1) is 11.9. The van der Waals surface area contributed by atoms with E-state index in [9.17, 15) is 18.0 Å². The van der Waals surface area contributed by atoms with Crippen LogP contribution in [0.1, 0.15) is 50.5 Å². The Morgan fingerprint density at radius 3 is 2.48 bits per heavy atom. The summed E-state index contributed by atoms with van der Waals surface area (Å²) in [6, 6.07) is 5.88. The number of para-hydroxylation sites is 1. The molecular formula is C19H25F3N2O. The molecule has 0 bridgehead atoms. The zero-order valence-corrected chi connectivity index (χ0v) is 14.3. The molecule has 2 aliphatic rings. The van der Waals surface area contributed by atoms with Crippen molar-refractivity contribution in [3.63, 3.8) is 0 Å². The van der Waals surface area contributed by atoms with Gasteiger partial charge in [-0.25, -0.2) is 0 Å². The van der Waals surface area contributed by atoms with Crippen molar-refractivity contribution in [3.05, 3.63) is 29.8 Å². The van der Waals surface area contributed by atoms with Crippen molar-refractivity contribution >= 4 is 11.6 Å². The number of carbonyl (C=O) groups is 1. The molecule has 1 saturated heterocycles. The lowest BCUT2D eigenvalue weighted by atomic mass is 9.92. The lowest BCUT2D eigenvalue weighted by Crippen LogP contribution is -2.46. The predicted octanol–water partition coefficient (Wildman–Crippen LogP) is 4.37. The number of nitrogens with zero attached hydrogens (tertiary/aromatic N) is 1. The van der Waals surface area contributed by atoms with E-state index < -0.39 is 11.7 Å². The summed E-state index contributed by atoms with van der Waals surface area (Å²) < 4.78 is 39.8. The number of benzene rings is 1. The lowest BCUT2D eigenvalue weighted by Gasteiger charge is -2.36. The van der Waals surface area contributed by atoms with Gasteiger partial charge in [0.15, 0.2) is 0 Å². The van der Waals surface area contributed by atoms with Gasteiger partial charge in [0, 0.05) is 24.8 Å². The van der Waals surface area contributed by atoms with Gasteiger partial charge in [0.1, 0.15) is 0 Å². The lowest BCUT2D eigenvalue weighted by molar-refractivity contribution is -0.137. The highest BCUT2D eigenvalue weighted by Gasteiger charge is 2.36. The number of amides is 1. The Kier molecular flexibility index (Phi) is 5.54. The van der Waals surface area contributed by atoms with Crippen LogP contribution in [0, 0.1) is 5.92 Å². The third-order valence-corrected chi connectivity index (χ3v) is 5.29. The van der Waals surface area contributed by atoms with Crippen molar-refractivity contribution < 1.29 is 18.0 Å². The summed E-state index contributed by atoms with van der Waals surface area (Å²) in [5, 5.41) is 3.12. The number of carbonyl (C=O) groups excluding carboxylic acids is 1. The Morgan fingerprint density at radius 1 is 1.04 bits per heavy atom. The monoisotopic (exact) mass is 354 g/mol. The molecule has 1 aliphatic heterocycles.